The topological polar surface area (TPSA) is 0 Å². The summed E-state index contributed by atoms with van der Waals surface area (Å²) < 4.78 is 38.3. The largest absolute Gasteiger partial charge is 1.00 e. The van der Waals surface area contributed by atoms with Crippen LogP contribution in [0.25, 0.3) is 0 Å². The van der Waals surface area contributed by atoms with Crippen molar-refractivity contribution in [1.82, 2.24) is 0 Å². The molecule has 82 valence electrons. The quantitative estimate of drug-likeness (QED) is 0.693. The predicted octanol–water partition coefficient (Wildman–Crippen LogP) is 1.18. The van der Waals surface area contributed by atoms with Gasteiger partial charge >= 0.3 is 58.4 Å². The van der Waals surface area contributed by atoms with Crippen molar-refractivity contribution in [3.05, 3.63) is 35.9 Å². The maximum atomic E-state index is 12.8. The van der Waals surface area contributed by atoms with Gasteiger partial charge in [-0.1, -0.05) is 49.0 Å². The first-order valence-electron chi connectivity index (χ1n) is 5.34. The predicted molar refractivity (Wildman–Crippen MR) is 55.9 cm³/mol. The van der Waals surface area contributed by atoms with Crippen LogP contribution in [0, 0.1) is 0 Å². The zero-order valence-corrected chi connectivity index (χ0v) is 12.5. The molecule has 1 aromatic carbocycles. The molecule has 1 saturated carbocycles. The van der Waals surface area contributed by atoms with Gasteiger partial charge in [0.1, 0.15) is 0 Å². The smallest absolute Gasteiger partial charge is 0.449 e. The van der Waals surface area contributed by atoms with Crippen molar-refractivity contribution in [2.75, 3.05) is 0 Å². The number of hydrogen-bond acceptors (Lipinski definition) is 0. The fraction of sp³-hybridized carbons (Fsp3) is 0.455. The average molecular weight is 252 g/mol. The first kappa shape index (κ1) is 14.8. The van der Waals surface area contributed by atoms with Gasteiger partial charge in [0.15, 0.2) is 0 Å². The molecule has 0 radical (unpaired) electrons. The number of halogens is 3. The third-order valence-electron chi connectivity index (χ3n) is 3.28. The first-order chi connectivity index (χ1) is 7.09. The SMILES string of the molecule is F[B-](F)(F)[C@@H]1CCC[C@H]1c1ccccc1.[K+]. The Morgan fingerprint density at radius 3 is 2.19 bits per heavy atom. The molecule has 5 heteroatoms. The fourth-order valence-corrected chi connectivity index (χ4v) is 2.56. The summed E-state index contributed by atoms with van der Waals surface area (Å²) in [4.78, 5) is 0. The Balaban J connectivity index is 0.00000128. The Morgan fingerprint density at radius 2 is 1.62 bits per heavy atom. The Kier molecular flexibility index (Phi) is 5.58. The molecule has 1 aromatic rings. The Bertz CT molecular complexity index is 326. The average Bonchev–Trinajstić information content (AvgIpc) is 2.67. The van der Waals surface area contributed by atoms with Gasteiger partial charge in [-0.05, 0) is 17.9 Å². The van der Waals surface area contributed by atoms with Crippen molar-refractivity contribution in [3.63, 3.8) is 0 Å². The molecule has 0 heterocycles. The van der Waals surface area contributed by atoms with Crippen LogP contribution in [0.3, 0.4) is 0 Å². The van der Waals surface area contributed by atoms with E-state index in [1.54, 1.807) is 0 Å². The molecule has 0 unspecified atom stereocenters. The molecule has 0 aromatic heterocycles. The summed E-state index contributed by atoms with van der Waals surface area (Å²) >= 11 is 0. The van der Waals surface area contributed by atoms with Crippen LogP contribution < -0.4 is 51.4 Å². The monoisotopic (exact) mass is 252 g/mol. The van der Waals surface area contributed by atoms with Crippen molar-refractivity contribution < 1.29 is 64.3 Å². The van der Waals surface area contributed by atoms with Gasteiger partial charge in [-0.3, -0.25) is 0 Å². The van der Waals surface area contributed by atoms with E-state index in [1.807, 2.05) is 30.3 Å². The van der Waals surface area contributed by atoms with Crippen LogP contribution in [-0.2, 0) is 0 Å². The van der Waals surface area contributed by atoms with E-state index < -0.39 is 12.8 Å². The van der Waals surface area contributed by atoms with E-state index in [-0.39, 0.29) is 57.3 Å². The Hall–Kier alpha value is 0.711. The summed E-state index contributed by atoms with van der Waals surface area (Å²) in [7, 11) is 0. The molecule has 16 heavy (non-hydrogen) atoms. The standard InChI is InChI=1S/C11H13BF3.K/c13-12(14,15)11-8-4-7-10(11)9-5-2-1-3-6-9;/h1-3,5-6,10-11H,4,7-8H2;/q-1;+1/t10-,11+;/m0./s1. The van der Waals surface area contributed by atoms with Gasteiger partial charge in [0.05, 0.1) is 0 Å². The molecular weight excluding hydrogens is 239 g/mol. The van der Waals surface area contributed by atoms with Gasteiger partial charge in [-0.2, -0.15) is 0 Å². The Morgan fingerprint density at radius 1 is 1.00 bits per heavy atom. The third kappa shape index (κ3) is 3.36. The van der Waals surface area contributed by atoms with E-state index in [0.717, 1.165) is 5.56 Å². The van der Waals surface area contributed by atoms with Crippen LogP contribution in [0.2, 0.25) is 5.82 Å². The molecule has 0 saturated heterocycles. The van der Waals surface area contributed by atoms with Crippen molar-refractivity contribution in [1.29, 1.82) is 0 Å². The summed E-state index contributed by atoms with van der Waals surface area (Å²) in [5.74, 6) is -1.38. The Labute approximate surface area is 136 Å². The number of rotatable bonds is 2. The zero-order chi connectivity index (χ0) is 10.9. The molecule has 2 rings (SSSR count). The fourth-order valence-electron chi connectivity index (χ4n) is 2.56. The van der Waals surface area contributed by atoms with Crippen LogP contribution in [0.15, 0.2) is 30.3 Å². The molecule has 1 fully saturated rings. The molecule has 0 amide bonds. The summed E-state index contributed by atoms with van der Waals surface area (Å²) in [5, 5.41) is 0. The summed E-state index contributed by atoms with van der Waals surface area (Å²) in [6.07, 6.45) is 1.69. The minimum Gasteiger partial charge on any atom is -0.449 e. The van der Waals surface area contributed by atoms with E-state index in [1.165, 1.54) is 0 Å². The normalized spacial score (nSPS) is 25.2. The van der Waals surface area contributed by atoms with Gasteiger partial charge in [0.2, 0.25) is 0 Å². The van der Waals surface area contributed by atoms with Crippen molar-refractivity contribution >= 4 is 6.98 Å². The zero-order valence-electron chi connectivity index (χ0n) is 9.37. The maximum absolute atomic E-state index is 12.8. The summed E-state index contributed by atoms with van der Waals surface area (Å²) in [6.45, 7) is -4.69. The van der Waals surface area contributed by atoms with E-state index >= 15 is 0 Å². The van der Waals surface area contributed by atoms with Gasteiger partial charge in [-0.25, -0.2) is 0 Å². The minimum atomic E-state index is -4.69. The van der Waals surface area contributed by atoms with Crippen LogP contribution in [-0.4, -0.2) is 6.98 Å². The third-order valence-corrected chi connectivity index (χ3v) is 3.28. The van der Waals surface area contributed by atoms with Crippen molar-refractivity contribution in [2.24, 2.45) is 0 Å². The molecule has 0 bridgehead atoms. The second-order valence-corrected chi connectivity index (χ2v) is 4.24. The summed E-state index contributed by atoms with van der Waals surface area (Å²) in [5.41, 5.74) is 0.846. The van der Waals surface area contributed by atoms with Crippen molar-refractivity contribution in [2.45, 2.75) is 31.0 Å². The van der Waals surface area contributed by atoms with Crippen molar-refractivity contribution in [3.8, 4) is 0 Å². The number of hydrogen-bond donors (Lipinski definition) is 0. The molecule has 0 aliphatic heterocycles. The molecule has 0 spiro atoms. The molecule has 1 aliphatic rings. The van der Waals surface area contributed by atoms with Crippen LogP contribution in [0.1, 0.15) is 30.7 Å². The molecular formula is C11H13BF3K. The van der Waals surface area contributed by atoms with Crippen LogP contribution in [0.4, 0.5) is 12.9 Å². The van der Waals surface area contributed by atoms with Gasteiger partial charge in [0.25, 0.3) is 0 Å². The second-order valence-electron chi connectivity index (χ2n) is 4.24. The van der Waals surface area contributed by atoms with E-state index in [2.05, 4.69) is 0 Å². The minimum absolute atomic E-state index is 0. The molecule has 2 atom stereocenters. The van der Waals surface area contributed by atoms with Gasteiger partial charge in [0, 0.05) is 0 Å². The summed E-state index contributed by atoms with van der Waals surface area (Å²) in [6, 6.07) is 9.09. The van der Waals surface area contributed by atoms with Gasteiger partial charge in [-0.15, -0.1) is 0 Å². The molecule has 1 aliphatic carbocycles. The number of benzene rings is 1. The first-order valence-corrected chi connectivity index (χ1v) is 5.34. The van der Waals surface area contributed by atoms with E-state index in [0.29, 0.717) is 19.3 Å². The van der Waals surface area contributed by atoms with E-state index in [9.17, 15) is 12.9 Å². The van der Waals surface area contributed by atoms with Gasteiger partial charge < -0.3 is 12.9 Å². The molecule has 0 N–H and O–H groups in total. The van der Waals surface area contributed by atoms with Crippen LogP contribution in [0.5, 0.6) is 0 Å². The molecule has 0 nitrogen and oxygen atoms in total. The van der Waals surface area contributed by atoms with E-state index in [4.69, 9.17) is 0 Å². The van der Waals surface area contributed by atoms with Crippen LogP contribution >= 0.6 is 0 Å². The second kappa shape index (κ2) is 6.05. The maximum Gasteiger partial charge on any atom is 1.00 e.